The van der Waals surface area contributed by atoms with E-state index in [2.05, 4.69) is 10.1 Å². The molecule has 0 aromatic carbocycles. The minimum Gasteiger partial charge on any atom is -0.307 e. The summed E-state index contributed by atoms with van der Waals surface area (Å²) in [4.78, 5) is 18.4. The highest BCUT2D eigenvalue weighted by Gasteiger charge is 2.23. The lowest BCUT2D eigenvalue weighted by atomic mass is 9.93. The molecule has 1 amide bonds. The number of rotatable bonds is 4. The van der Waals surface area contributed by atoms with Gasteiger partial charge in [-0.25, -0.2) is 0 Å². The van der Waals surface area contributed by atoms with Crippen molar-refractivity contribution < 1.29 is 4.79 Å². The first-order chi connectivity index (χ1) is 9.79. The molecule has 1 aliphatic carbocycles. The van der Waals surface area contributed by atoms with Crippen LogP contribution in [0.5, 0.6) is 0 Å². The number of hydrogen-bond donors (Lipinski definition) is 0. The van der Waals surface area contributed by atoms with Gasteiger partial charge in [-0.1, -0.05) is 0 Å². The molecule has 3 rings (SSSR count). The van der Waals surface area contributed by atoms with Gasteiger partial charge in [-0.15, -0.1) is 0 Å². The largest absolute Gasteiger partial charge is 0.307 e. The molecule has 1 fully saturated rings. The Bertz CT molecular complexity index is 589. The summed E-state index contributed by atoms with van der Waals surface area (Å²) in [6.45, 7) is 2.57. The van der Waals surface area contributed by atoms with Gasteiger partial charge >= 0.3 is 0 Å². The van der Waals surface area contributed by atoms with Crippen molar-refractivity contribution >= 4 is 11.6 Å². The Hall–Kier alpha value is -2.17. The molecule has 5 nitrogen and oxygen atoms in total. The zero-order chi connectivity index (χ0) is 13.9. The molecule has 5 heteroatoms. The average Bonchev–Trinajstić information content (AvgIpc) is 2.88. The molecule has 2 heterocycles. The quantitative estimate of drug-likeness (QED) is 0.858. The van der Waals surface area contributed by atoms with E-state index in [1.165, 1.54) is 6.42 Å². The van der Waals surface area contributed by atoms with Gasteiger partial charge in [0.25, 0.3) is 5.91 Å². The molecule has 0 radical (unpaired) electrons. The van der Waals surface area contributed by atoms with Crippen LogP contribution in [0.3, 0.4) is 0 Å². The van der Waals surface area contributed by atoms with Crippen molar-refractivity contribution in [3.05, 3.63) is 42.5 Å². The van der Waals surface area contributed by atoms with Crippen LogP contribution in [0.1, 0.15) is 42.6 Å². The number of aromatic nitrogens is 3. The number of carbonyl (C=O) groups excluding carboxylic acids is 1. The molecule has 0 N–H and O–H groups in total. The number of pyridine rings is 1. The van der Waals surface area contributed by atoms with E-state index in [0.29, 0.717) is 18.2 Å². The average molecular weight is 270 g/mol. The van der Waals surface area contributed by atoms with Crippen molar-refractivity contribution in [2.75, 3.05) is 11.4 Å². The summed E-state index contributed by atoms with van der Waals surface area (Å²) < 4.78 is 1.92. The van der Waals surface area contributed by atoms with Crippen molar-refractivity contribution in [1.82, 2.24) is 14.8 Å². The molecule has 0 aliphatic heterocycles. The van der Waals surface area contributed by atoms with Crippen LogP contribution in [0.2, 0.25) is 0 Å². The molecular formula is C15H18N4O. The molecular weight excluding hydrogens is 252 g/mol. The second-order valence-corrected chi connectivity index (χ2v) is 5.05. The second-order valence-electron chi connectivity index (χ2n) is 5.05. The van der Waals surface area contributed by atoms with Crippen molar-refractivity contribution in [1.29, 1.82) is 0 Å². The summed E-state index contributed by atoms with van der Waals surface area (Å²) in [7, 11) is 0. The van der Waals surface area contributed by atoms with Crippen LogP contribution >= 0.6 is 0 Å². The van der Waals surface area contributed by atoms with E-state index in [-0.39, 0.29) is 5.91 Å². The molecule has 2 aromatic heterocycles. The molecule has 0 saturated heterocycles. The van der Waals surface area contributed by atoms with Gasteiger partial charge in [0.1, 0.15) is 0 Å². The van der Waals surface area contributed by atoms with Crippen LogP contribution in [0, 0.1) is 0 Å². The summed E-state index contributed by atoms with van der Waals surface area (Å²) >= 11 is 0. The molecule has 104 valence electrons. The van der Waals surface area contributed by atoms with Crippen LogP contribution in [0.25, 0.3) is 0 Å². The standard InChI is InChI=1S/C15H18N4O/c1-2-18(14-7-4-8-16-10-14)15(20)12-9-17-19(11-12)13-5-3-6-13/h4,7-11,13H,2-3,5-6H2,1H3. The summed E-state index contributed by atoms with van der Waals surface area (Å²) in [5, 5.41) is 4.32. The highest BCUT2D eigenvalue weighted by molar-refractivity contribution is 6.05. The fourth-order valence-electron chi connectivity index (χ4n) is 2.41. The highest BCUT2D eigenvalue weighted by Crippen LogP contribution is 2.31. The Labute approximate surface area is 118 Å². The topological polar surface area (TPSA) is 51.0 Å². The number of carbonyl (C=O) groups is 1. The Kier molecular flexibility index (Phi) is 3.50. The van der Waals surface area contributed by atoms with Gasteiger partial charge in [-0.05, 0) is 38.3 Å². The van der Waals surface area contributed by atoms with E-state index in [4.69, 9.17) is 0 Å². The predicted octanol–water partition coefficient (Wildman–Crippen LogP) is 2.67. The lowest BCUT2D eigenvalue weighted by Crippen LogP contribution is -2.30. The van der Waals surface area contributed by atoms with Crippen molar-refractivity contribution in [2.45, 2.75) is 32.2 Å². The first-order valence-electron chi connectivity index (χ1n) is 7.05. The van der Waals surface area contributed by atoms with Gasteiger partial charge in [-0.2, -0.15) is 5.10 Å². The van der Waals surface area contributed by atoms with Gasteiger partial charge in [0.05, 0.1) is 29.7 Å². The highest BCUT2D eigenvalue weighted by atomic mass is 16.2. The maximum Gasteiger partial charge on any atom is 0.261 e. The zero-order valence-electron chi connectivity index (χ0n) is 11.6. The first-order valence-corrected chi connectivity index (χ1v) is 7.05. The Morgan fingerprint density at radius 3 is 2.90 bits per heavy atom. The van der Waals surface area contributed by atoms with Gasteiger partial charge in [0.2, 0.25) is 0 Å². The Balaban J connectivity index is 1.81. The third-order valence-corrected chi connectivity index (χ3v) is 3.82. The summed E-state index contributed by atoms with van der Waals surface area (Å²) in [6, 6.07) is 4.21. The van der Waals surface area contributed by atoms with E-state index >= 15 is 0 Å². The maximum absolute atomic E-state index is 12.6. The molecule has 0 unspecified atom stereocenters. The molecule has 0 atom stereocenters. The van der Waals surface area contributed by atoms with Crippen LogP contribution in [0.15, 0.2) is 36.9 Å². The van der Waals surface area contributed by atoms with E-state index in [0.717, 1.165) is 18.5 Å². The third-order valence-electron chi connectivity index (χ3n) is 3.82. The minimum absolute atomic E-state index is 0.0222. The van der Waals surface area contributed by atoms with Crippen molar-refractivity contribution in [3.63, 3.8) is 0 Å². The Morgan fingerprint density at radius 2 is 2.30 bits per heavy atom. The monoisotopic (exact) mass is 270 g/mol. The Morgan fingerprint density at radius 1 is 1.45 bits per heavy atom. The zero-order valence-corrected chi connectivity index (χ0v) is 11.6. The minimum atomic E-state index is -0.0222. The van der Waals surface area contributed by atoms with Crippen LogP contribution in [-0.4, -0.2) is 27.2 Å². The number of nitrogens with zero attached hydrogens (tertiary/aromatic N) is 4. The summed E-state index contributed by atoms with van der Waals surface area (Å²) in [5.74, 6) is -0.0222. The van der Waals surface area contributed by atoms with Gasteiger partial charge < -0.3 is 4.90 Å². The normalized spacial score (nSPS) is 14.8. The summed E-state index contributed by atoms with van der Waals surface area (Å²) in [6.07, 6.45) is 10.5. The first kappa shape index (κ1) is 12.8. The smallest absolute Gasteiger partial charge is 0.261 e. The van der Waals surface area contributed by atoms with Crippen LogP contribution in [0.4, 0.5) is 5.69 Å². The fraction of sp³-hybridized carbons (Fsp3) is 0.400. The van der Waals surface area contributed by atoms with E-state index in [1.807, 2.05) is 29.9 Å². The maximum atomic E-state index is 12.6. The van der Waals surface area contributed by atoms with E-state index in [9.17, 15) is 4.79 Å². The molecule has 1 aliphatic rings. The fourth-order valence-corrected chi connectivity index (χ4v) is 2.41. The van der Waals surface area contributed by atoms with Gasteiger partial charge in [0.15, 0.2) is 0 Å². The number of anilines is 1. The predicted molar refractivity (Wildman–Crippen MR) is 76.7 cm³/mol. The van der Waals surface area contributed by atoms with Crippen LogP contribution in [-0.2, 0) is 0 Å². The van der Waals surface area contributed by atoms with Gasteiger partial charge in [0, 0.05) is 18.9 Å². The number of hydrogen-bond acceptors (Lipinski definition) is 3. The molecule has 0 spiro atoms. The lowest BCUT2D eigenvalue weighted by molar-refractivity contribution is 0.0988. The van der Waals surface area contributed by atoms with Gasteiger partial charge in [-0.3, -0.25) is 14.5 Å². The van der Waals surface area contributed by atoms with E-state index in [1.54, 1.807) is 23.5 Å². The second kappa shape index (κ2) is 5.45. The third kappa shape index (κ3) is 2.31. The summed E-state index contributed by atoms with van der Waals surface area (Å²) in [5.41, 5.74) is 1.46. The molecule has 0 bridgehead atoms. The van der Waals surface area contributed by atoms with Crippen molar-refractivity contribution in [2.24, 2.45) is 0 Å². The van der Waals surface area contributed by atoms with E-state index < -0.39 is 0 Å². The lowest BCUT2D eigenvalue weighted by Gasteiger charge is -2.25. The molecule has 1 saturated carbocycles. The number of amides is 1. The van der Waals surface area contributed by atoms with Crippen molar-refractivity contribution in [3.8, 4) is 0 Å². The van der Waals surface area contributed by atoms with Crippen LogP contribution < -0.4 is 4.90 Å². The molecule has 2 aromatic rings. The SMILES string of the molecule is CCN(C(=O)c1cnn(C2CCC2)c1)c1cccnc1. The molecule has 20 heavy (non-hydrogen) atoms.